The minimum absolute atomic E-state index is 0.107. The molecule has 8 aliphatic carbocycles. The van der Waals surface area contributed by atoms with Crippen LogP contribution in [0, 0.1) is 47.3 Å². The summed E-state index contributed by atoms with van der Waals surface area (Å²) in [6, 6.07) is 3.08. The minimum Gasteiger partial charge on any atom is -0.446 e. The van der Waals surface area contributed by atoms with Gasteiger partial charge in [-0.05, 0) is 124 Å². The summed E-state index contributed by atoms with van der Waals surface area (Å²) in [6.45, 7) is 0. The van der Waals surface area contributed by atoms with Crippen molar-refractivity contribution in [3.05, 3.63) is 23.7 Å². The maximum absolute atomic E-state index is 12.6. The van der Waals surface area contributed by atoms with Crippen molar-refractivity contribution in [1.82, 2.24) is 10.9 Å². The van der Waals surface area contributed by atoms with Gasteiger partial charge in [-0.3, -0.25) is 9.59 Å². The molecule has 0 unspecified atom stereocenters. The van der Waals surface area contributed by atoms with Crippen molar-refractivity contribution < 1.29 is 14.0 Å². The lowest BCUT2D eigenvalue weighted by molar-refractivity contribution is 0.0893. The van der Waals surface area contributed by atoms with Gasteiger partial charge in [-0.25, -0.2) is 10.9 Å². The molecule has 7 nitrogen and oxygen atoms in total. The van der Waals surface area contributed by atoms with E-state index >= 15 is 0 Å². The van der Waals surface area contributed by atoms with Crippen molar-refractivity contribution in [3.63, 3.8) is 0 Å². The second-order valence-corrected chi connectivity index (χ2v) is 11.7. The molecule has 7 heteroatoms. The molecule has 0 saturated heterocycles. The van der Waals surface area contributed by atoms with Crippen LogP contribution in [0.25, 0.3) is 0 Å². The predicted molar refractivity (Wildman–Crippen MR) is 123 cm³/mol. The Morgan fingerprint density at radius 3 is 1.27 bits per heavy atom. The Bertz CT molecular complexity index is 913. The van der Waals surface area contributed by atoms with Crippen LogP contribution in [0.15, 0.2) is 26.8 Å². The smallest absolute Gasteiger partial charge is 0.307 e. The van der Waals surface area contributed by atoms with Gasteiger partial charge in [-0.1, -0.05) is 0 Å². The first kappa shape index (κ1) is 20.0. The molecule has 0 radical (unpaired) electrons. The highest BCUT2D eigenvalue weighted by molar-refractivity contribution is 5.98. The largest absolute Gasteiger partial charge is 0.446 e. The van der Waals surface area contributed by atoms with Gasteiger partial charge in [-0.2, -0.15) is 10.2 Å². The lowest BCUT2D eigenvalue weighted by Gasteiger charge is -2.50. The third-order valence-corrected chi connectivity index (χ3v) is 9.58. The molecule has 8 bridgehead atoms. The summed E-state index contributed by atoms with van der Waals surface area (Å²) in [6.07, 6.45) is 12.5. The number of hydrazone groups is 2. The second-order valence-electron chi connectivity index (χ2n) is 11.7. The van der Waals surface area contributed by atoms with Crippen LogP contribution >= 0.6 is 0 Å². The standard InChI is InChI=1S/C26H32N4O3/c31-25(29-27-23-17-5-13-3-14(7-17)8-18(23)6-13)21-1-2-22(33-21)26(32)30-28-24-19-9-15-4-16(11-19)12-20(24)10-15/h1-2,13-20H,3-12H2,(H,29,31)(H,30,32). The van der Waals surface area contributed by atoms with E-state index in [0.717, 1.165) is 23.7 Å². The molecule has 9 rings (SSSR count). The molecule has 0 aromatic carbocycles. The second kappa shape index (κ2) is 7.54. The van der Waals surface area contributed by atoms with Crippen LogP contribution in [0.5, 0.6) is 0 Å². The number of carbonyl (C=O) groups is 2. The van der Waals surface area contributed by atoms with Crippen LogP contribution in [-0.4, -0.2) is 23.2 Å². The summed E-state index contributed by atoms with van der Waals surface area (Å²) in [5.74, 6) is 4.97. The van der Waals surface area contributed by atoms with Crippen LogP contribution < -0.4 is 10.9 Å². The average Bonchev–Trinajstić information content (AvgIpc) is 3.27. The Balaban J connectivity index is 0.991. The zero-order valence-corrected chi connectivity index (χ0v) is 19.0. The Kier molecular flexibility index (Phi) is 4.56. The summed E-state index contributed by atoms with van der Waals surface area (Å²) < 4.78 is 5.56. The van der Waals surface area contributed by atoms with Gasteiger partial charge < -0.3 is 4.42 Å². The van der Waals surface area contributed by atoms with E-state index in [1.165, 1.54) is 87.8 Å². The number of amides is 2. The van der Waals surface area contributed by atoms with Crippen LogP contribution in [-0.2, 0) is 0 Å². The third kappa shape index (κ3) is 3.46. The molecule has 0 aliphatic heterocycles. The van der Waals surface area contributed by atoms with E-state index in [4.69, 9.17) is 4.42 Å². The number of hydrogen-bond donors (Lipinski definition) is 2. The van der Waals surface area contributed by atoms with Crippen molar-refractivity contribution >= 4 is 23.2 Å². The summed E-state index contributed by atoms with van der Waals surface area (Å²) in [7, 11) is 0. The van der Waals surface area contributed by atoms with E-state index in [0.29, 0.717) is 23.7 Å². The van der Waals surface area contributed by atoms with Crippen molar-refractivity contribution in [2.45, 2.75) is 64.2 Å². The highest BCUT2D eigenvalue weighted by Crippen LogP contribution is 2.53. The average molecular weight is 449 g/mol. The van der Waals surface area contributed by atoms with Gasteiger partial charge in [-0.15, -0.1) is 0 Å². The Labute approximate surface area is 193 Å². The number of nitrogens with one attached hydrogen (secondary N) is 2. The molecule has 0 spiro atoms. The monoisotopic (exact) mass is 448 g/mol. The Hall–Kier alpha value is -2.44. The third-order valence-electron chi connectivity index (χ3n) is 9.58. The first-order chi connectivity index (χ1) is 16.1. The molecule has 2 N–H and O–H groups in total. The van der Waals surface area contributed by atoms with E-state index in [1.807, 2.05) is 0 Å². The van der Waals surface area contributed by atoms with Gasteiger partial charge in [0.2, 0.25) is 0 Å². The fourth-order valence-electron chi connectivity index (χ4n) is 8.62. The lowest BCUT2D eigenvalue weighted by atomic mass is 9.55. The van der Waals surface area contributed by atoms with Crippen molar-refractivity contribution in [2.24, 2.45) is 57.5 Å². The van der Waals surface area contributed by atoms with E-state index in [1.54, 1.807) is 0 Å². The fourth-order valence-corrected chi connectivity index (χ4v) is 8.62. The fraction of sp³-hybridized carbons (Fsp3) is 0.692. The van der Waals surface area contributed by atoms with Gasteiger partial charge in [0.25, 0.3) is 0 Å². The molecule has 1 aromatic rings. The predicted octanol–water partition coefficient (Wildman–Crippen LogP) is 4.36. The van der Waals surface area contributed by atoms with E-state index < -0.39 is 11.8 Å². The molecule has 2 amide bonds. The van der Waals surface area contributed by atoms with Crippen molar-refractivity contribution in [1.29, 1.82) is 0 Å². The van der Waals surface area contributed by atoms with Crippen molar-refractivity contribution in [2.75, 3.05) is 0 Å². The highest BCUT2D eigenvalue weighted by atomic mass is 16.4. The van der Waals surface area contributed by atoms with E-state index in [2.05, 4.69) is 21.1 Å². The summed E-state index contributed by atoms with van der Waals surface area (Å²) in [5, 5.41) is 9.05. The van der Waals surface area contributed by atoms with Gasteiger partial charge in [0.1, 0.15) is 0 Å². The van der Waals surface area contributed by atoms with Crippen LogP contribution in [0.4, 0.5) is 0 Å². The molecule has 174 valence electrons. The molecule has 8 fully saturated rings. The van der Waals surface area contributed by atoms with Crippen LogP contribution in [0.3, 0.4) is 0 Å². The molecule has 0 atom stereocenters. The first-order valence-corrected chi connectivity index (χ1v) is 12.9. The summed E-state index contributed by atoms with van der Waals surface area (Å²) in [5.41, 5.74) is 7.73. The molecule has 8 aliphatic rings. The van der Waals surface area contributed by atoms with Crippen LogP contribution in [0.2, 0.25) is 0 Å². The molecular weight excluding hydrogens is 416 g/mol. The number of carbonyl (C=O) groups excluding carboxylic acids is 2. The minimum atomic E-state index is -0.400. The zero-order valence-electron chi connectivity index (χ0n) is 19.0. The van der Waals surface area contributed by atoms with Gasteiger partial charge in [0, 0.05) is 11.4 Å². The lowest BCUT2D eigenvalue weighted by Crippen LogP contribution is -2.46. The normalized spacial score (nSPS) is 39.6. The van der Waals surface area contributed by atoms with E-state index in [9.17, 15) is 9.59 Å². The van der Waals surface area contributed by atoms with Crippen LogP contribution in [0.1, 0.15) is 85.3 Å². The summed E-state index contributed by atoms with van der Waals surface area (Å²) in [4.78, 5) is 25.2. The topological polar surface area (TPSA) is 96.1 Å². The molecule has 1 heterocycles. The van der Waals surface area contributed by atoms with Gasteiger partial charge in [0.15, 0.2) is 11.5 Å². The summed E-state index contributed by atoms with van der Waals surface area (Å²) >= 11 is 0. The number of rotatable bonds is 4. The number of hydrogen-bond acceptors (Lipinski definition) is 5. The number of nitrogens with zero attached hydrogens (tertiary/aromatic N) is 2. The van der Waals surface area contributed by atoms with Gasteiger partial charge >= 0.3 is 11.8 Å². The molecule has 33 heavy (non-hydrogen) atoms. The maximum Gasteiger partial charge on any atom is 0.307 e. The van der Waals surface area contributed by atoms with Crippen molar-refractivity contribution in [3.8, 4) is 0 Å². The SMILES string of the molecule is O=C(NN=C1C2CC3CC(C2)CC1C3)c1ccc(C(=O)NN=C2C3CC4CC(C3)CC2C4)o1. The molecule has 1 aromatic heterocycles. The zero-order chi connectivity index (χ0) is 22.1. The quantitative estimate of drug-likeness (QED) is 0.670. The molecule has 8 saturated carbocycles. The van der Waals surface area contributed by atoms with E-state index in [-0.39, 0.29) is 11.5 Å². The van der Waals surface area contributed by atoms with Gasteiger partial charge in [0.05, 0.1) is 0 Å². The first-order valence-electron chi connectivity index (χ1n) is 12.9. The Morgan fingerprint density at radius 2 is 0.939 bits per heavy atom. The maximum atomic E-state index is 12.6. The Morgan fingerprint density at radius 1 is 0.606 bits per heavy atom. The molecular formula is C26H32N4O3. The highest BCUT2D eigenvalue weighted by Gasteiger charge is 2.47. The number of furan rings is 1.